The number of nitrogens with one attached hydrogen (secondary N) is 1. The first-order valence-corrected chi connectivity index (χ1v) is 7.84. The third-order valence-corrected chi connectivity index (χ3v) is 5.22. The lowest BCUT2D eigenvalue weighted by Crippen LogP contribution is -2.21. The van der Waals surface area contributed by atoms with Crippen molar-refractivity contribution in [3.8, 4) is 0 Å². The molecule has 0 radical (unpaired) electrons. The van der Waals surface area contributed by atoms with Crippen LogP contribution in [-0.4, -0.2) is 6.04 Å². The van der Waals surface area contributed by atoms with E-state index >= 15 is 0 Å². The molecule has 1 aliphatic carbocycles. The van der Waals surface area contributed by atoms with Crippen molar-refractivity contribution in [3.63, 3.8) is 0 Å². The molecule has 2 heteroatoms. The Morgan fingerprint density at radius 2 is 2.22 bits per heavy atom. The highest BCUT2D eigenvalue weighted by atomic mass is 32.1. The van der Waals surface area contributed by atoms with Crippen molar-refractivity contribution in [1.82, 2.24) is 5.32 Å². The zero-order chi connectivity index (χ0) is 12.5. The monoisotopic (exact) mass is 259 g/mol. The van der Waals surface area contributed by atoms with E-state index in [-0.39, 0.29) is 0 Å². The Morgan fingerprint density at radius 1 is 1.39 bits per heavy atom. The van der Waals surface area contributed by atoms with Gasteiger partial charge < -0.3 is 5.32 Å². The van der Waals surface area contributed by atoms with E-state index < -0.39 is 0 Å². The van der Waals surface area contributed by atoms with Gasteiger partial charge in [-0.2, -0.15) is 0 Å². The van der Waals surface area contributed by atoms with Gasteiger partial charge in [0.25, 0.3) is 0 Å². The molecule has 1 N–H and O–H groups in total. The molecule has 1 nitrogen and oxygen atoms in total. The number of benzene rings is 1. The number of fused-ring (bicyclic) bond motifs is 1. The molecule has 1 saturated carbocycles. The van der Waals surface area contributed by atoms with Crippen LogP contribution in [0.1, 0.15) is 44.0 Å². The lowest BCUT2D eigenvalue weighted by atomic mass is 10.2. The van der Waals surface area contributed by atoms with Crippen LogP contribution in [0.5, 0.6) is 0 Å². The van der Waals surface area contributed by atoms with Crippen LogP contribution in [-0.2, 0) is 0 Å². The summed E-state index contributed by atoms with van der Waals surface area (Å²) in [6.45, 7) is 4.58. The first kappa shape index (κ1) is 12.2. The minimum atomic E-state index is 0.495. The van der Waals surface area contributed by atoms with Crippen LogP contribution in [0.25, 0.3) is 10.1 Å². The van der Waals surface area contributed by atoms with Crippen molar-refractivity contribution in [2.75, 3.05) is 0 Å². The molecule has 3 unspecified atom stereocenters. The second-order valence-corrected chi connectivity index (χ2v) is 6.58. The van der Waals surface area contributed by atoms with E-state index in [1.807, 2.05) is 11.3 Å². The molecule has 2 aromatic rings. The van der Waals surface area contributed by atoms with Crippen LogP contribution < -0.4 is 5.32 Å². The van der Waals surface area contributed by atoms with E-state index in [4.69, 9.17) is 0 Å². The molecular formula is C16H21NS. The van der Waals surface area contributed by atoms with Crippen LogP contribution in [0, 0.1) is 5.92 Å². The number of thiophene rings is 1. The molecule has 96 valence electrons. The number of rotatable bonds is 5. The van der Waals surface area contributed by atoms with Crippen molar-refractivity contribution < 1.29 is 0 Å². The maximum atomic E-state index is 3.78. The Morgan fingerprint density at radius 3 is 3.00 bits per heavy atom. The summed E-state index contributed by atoms with van der Waals surface area (Å²) in [6, 6.07) is 12.3. The predicted octanol–water partition coefficient (Wildman–Crippen LogP) is 4.74. The van der Waals surface area contributed by atoms with Crippen LogP contribution in [0.2, 0.25) is 0 Å². The Kier molecular flexibility index (Phi) is 3.40. The largest absolute Gasteiger partial charge is 0.306 e. The topological polar surface area (TPSA) is 12.0 Å². The fourth-order valence-electron chi connectivity index (χ4n) is 2.76. The Bertz CT molecular complexity index is 498. The third kappa shape index (κ3) is 2.45. The van der Waals surface area contributed by atoms with E-state index in [2.05, 4.69) is 49.5 Å². The lowest BCUT2D eigenvalue weighted by Gasteiger charge is -2.11. The van der Waals surface area contributed by atoms with Crippen molar-refractivity contribution in [2.24, 2.45) is 5.92 Å². The average Bonchev–Trinajstić information content (AvgIpc) is 2.94. The van der Waals surface area contributed by atoms with Gasteiger partial charge in [0, 0.05) is 21.7 Å². The highest BCUT2D eigenvalue weighted by Gasteiger charge is 2.36. The zero-order valence-corrected chi connectivity index (χ0v) is 12.0. The molecule has 1 aliphatic rings. The molecule has 1 aromatic heterocycles. The van der Waals surface area contributed by atoms with E-state index in [1.54, 1.807) is 0 Å². The second kappa shape index (κ2) is 5.02. The van der Waals surface area contributed by atoms with Crippen LogP contribution in [0.15, 0.2) is 30.3 Å². The van der Waals surface area contributed by atoms with E-state index in [9.17, 15) is 0 Å². The average molecular weight is 259 g/mol. The molecule has 3 rings (SSSR count). The molecule has 3 atom stereocenters. The van der Waals surface area contributed by atoms with Gasteiger partial charge in [-0.3, -0.25) is 0 Å². The van der Waals surface area contributed by atoms with E-state index in [0.29, 0.717) is 6.04 Å². The van der Waals surface area contributed by atoms with Gasteiger partial charge >= 0.3 is 0 Å². The van der Waals surface area contributed by atoms with Crippen molar-refractivity contribution in [2.45, 2.75) is 45.2 Å². The second-order valence-electron chi connectivity index (χ2n) is 5.47. The zero-order valence-electron chi connectivity index (χ0n) is 11.1. The summed E-state index contributed by atoms with van der Waals surface area (Å²) in [6.07, 6.45) is 4.08. The van der Waals surface area contributed by atoms with Crippen molar-refractivity contribution >= 4 is 21.4 Å². The van der Waals surface area contributed by atoms with E-state index in [1.165, 1.54) is 34.2 Å². The van der Waals surface area contributed by atoms with Gasteiger partial charge in [0.05, 0.1) is 0 Å². The maximum absolute atomic E-state index is 3.78. The SMILES string of the molecule is CCCC1CC1NC(C)c1cc2ccccc2s1. The summed E-state index contributed by atoms with van der Waals surface area (Å²) < 4.78 is 1.40. The van der Waals surface area contributed by atoms with Gasteiger partial charge in [0.1, 0.15) is 0 Å². The van der Waals surface area contributed by atoms with Gasteiger partial charge in [0.15, 0.2) is 0 Å². The normalized spacial score (nSPS) is 24.3. The van der Waals surface area contributed by atoms with Crippen molar-refractivity contribution in [1.29, 1.82) is 0 Å². The van der Waals surface area contributed by atoms with Gasteiger partial charge in [-0.25, -0.2) is 0 Å². The first-order valence-electron chi connectivity index (χ1n) is 7.02. The maximum Gasteiger partial charge on any atom is 0.0388 e. The quantitative estimate of drug-likeness (QED) is 0.817. The molecule has 1 aromatic carbocycles. The van der Waals surface area contributed by atoms with Crippen LogP contribution in [0.3, 0.4) is 0 Å². The minimum Gasteiger partial charge on any atom is -0.306 e. The molecule has 1 heterocycles. The fraction of sp³-hybridized carbons (Fsp3) is 0.500. The third-order valence-electron chi connectivity index (χ3n) is 3.92. The van der Waals surface area contributed by atoms with Gasteiger partial charge in [-0.15, -0.1) is 11.3 Å². The standard InChI is InChI=1S/C16H21NS/c1-3-6-12-9-14(12)17-11(2)16-10-13-7-4-5-8-15(13)18-16/h4-5,7-8,10-12,14,17H,3,6,9H2,1-2H3. The van der Waals surface area contributed by atoms with Crippen LogP contribution >= 0.6 is 11.3 Å². The smallest absolute Gasteiger partial charge is 0.0388 e. The van der Waals surface area contributed by atoms with Gasteiger partial charge in [-0.1, -0.05) is 31.5 Å². The molecule has 1 fully saturated rings. The van der Waals surface area contributed by atoms with Crippen LogP contribution in [0.4, 0.5) is 0 Å². The molecule has 18 heavy (non-hydrogen) atoms. The highest BCUT2D eigenvalue weighted by Crippen LogP contribution is 2.37. The predicted molar refractivity (Wildman–Crippen MR) is 80.2 cm³/mol. The molecule has 0 saturated heterocycles. The molecule has 0 spiro atoms. The first-order chi connectivity index (χ1) is 8.78. The number of hydrogen-bond donors (Lipinski definition) is 1. The summed E-state index contributed by atoms with van der Waals surface area (Å²) in [5, 5.41) is 5.16. The van der Waals surface area contributed by atoms with E-state index in [0.717, 1.165) is 12.0 Å². The Labute approximate surface area is 113 Å². The lowest BCUT2D eigenvalue weighted by molar-refractivity contribution is 0.536. The molecular weight excluding hydrogens is 238 g/mol. The van der Waals surface area contributed by atoms with Gasteiger partial charge in [0.2, 0.25) is 0 Å². The minimum absolute atomic E-state index is 0.495. The van der Waals surface area contributed by atoms with Gasteiger partial charge in [-0.05, 0) is 43.2 Å². The summed E-state index contributed by atoms with van der Waals surface area (Å²) >= 11 is 1.93. The highest BCUT2D eigenvalue weighted by molar-refractivity contribution is 7.19. The Balaban J connectivity index is 1.67. The Hall–Kier alpha value is -0.860. The summed E-state index contributed by atoms with van der Waals surface area (Å²) in [4.78, 5) is 1.47. The van der Waals surface area contributed by atoms with Crippen molar-refractivity contribution in [3.05, 3.63) is 35.2 Å². The number of hydrogen-bond acceptors (Lipinski definition) is 2. The summed E-state index contributed by atoms with van der Waals surface area (Å²) in [7, 11) is 0. The fourth-order valence-corrected chi connectivity index (χ4v) is 3.84. The molecule has 0 bridgehead atoms. The summed E-state index contributed by atoms with van der Waals surface area (Å²) in [5.41, 5.74) is 0. The molecule has 0 aliphatic heterocycles. The molecule has 0 amide bonds. The summed E-state index contributed by atoms with van der Waals surface area (Å²) in [5.74, 6) is 0.937.